The zero-order valence-electron chi connectivity index (χ0n) is 8.07. The van der Waals surface area contributed by atoms with Crippen LogP contribution in [0.15, 0.2) is 23.1 Å². The summed E-state index contributed by atoms with van der Waals surface area (Å²) in [6.45, 7) is 0. The first-order valence-corrected chi connectivity index (χ1v) is 5.36. The second-order valence-electron chi connectivity index (χ2n) is 3.98. The van der Waals surface area contributed by atoms with Gasteiger partial charge in [-0.15, -0.1) is 12.6 Å². The minimum Gasteiger partial charge on any atom is -0.331 e. The fourth-order valence-electron chi connectivity index (χ4n) is 1.91. The van der Waals surface area contributed by atoms with E-state index < -0.39 is 0 Å². The lowest BCUT2D eigenvalue weighted by atomic mass is 10.3. The van der Waals surface area contributed by atoms with Crippen molar-refractivity contribution in [3.63, 3.8) is 0 Å². The third-order valence-electron chi connectivity index (χ3n) is 2.84. The van der Waals surface area contributed by atoms with Gasteiger partial charge in [-0.05, 0) is 31.0 Å². The van der Waals surface area contributed by atoms with E-state index in [0.29, 0.717) is 5.92 Å². The smallest absolute Gasteiger partial charge is 0.112 e. The summed E-state index contributed by atoms with van der Waals surface area (Å²) in [5.41, 5.74) is 2.28. The molecule has 0 unspecified atom stereocenters. The minimum atomic E-state index is 0.704. The third kappa shape index (κ3) is 1.16. The molecule has 0 amide bonds. The van der Waals surface area contributed by atoms with Crippen LogP contribution in [-0.2, 0) is 7.05 Å². The van der Waals surface area contributed by atoms with Crippen LogP contribution in [0.2, 0.25) is 0 Å². The van der Waals surface area contributed by atoms with Gasteiger partial charge in [0.15, 0.2) is 0 Å². The standard InChI is InChI=1S/C11H12N2S/c1-13-10-5-4-8(14)6-9(10)12-11(13)7-2-3-7/h4-7,14H,2-3H2,1H3. The first-order chi connectivity index (χ1) is 6.75. The lowest BCUT2D eigenvalue weighted by Gasteiger charge is -1.98. The third-order valence-corrected chi connectivity index (χ3v) is 3.12. The molecule has 1 aliphatic carbocycles. The molecular weight excluding hydrogens is 192 g/mol. The average Bonchev–Trinajstić information content (AvgIpc) is 2.93. The van der Waals surface area contributed by atoms with Crippen molar-refractivity contribution >= 4 is 23.7 Å². The molecule has 2 aromatic rings. The Morgan fingerprint density at radius 3 is 2.93 bits per heavy atom. The van der Waals surface area contributed by atoms with Crippen molar-refractivity contribution in [2.45, 2.75) is 23.7 Å². The van der Waals surface area contributed by atoms with Crippen LogP contribution in [0.3, 0.4) is 0 Å². The molecule has 2 nitrogen and oxygen atoms in total. The summed E-state index contributed by atoms with van der Waals surface area (Å²) in [5, 5.41) is 0. The molecule has 3 rings (SSSR count). The van der Waals surface area contributed by atoms with Gasteiger partial charge in [-0.2, -0.15) is 0 Å². The number of hydrogen-bond donors (Lipinski definition) is 1. The molecule has 1 fully saturated rings. The van der Waals surface area contributed by atoms with Gasteiger partial charge in [-0.3, -0.25) is 0 Å². The van der Waals surface area contributed by atoms with Crippen molar-refractivity contribution in [3.8, 4) is 0 Å². The van der Waals surface area contributed by atoms with Crippen LogP contribution >= 0.6 is 12.6 Å². The van der Waals surface area contributed by atoms with Crippen LogP contribution in [-0.4, -0.2) is 9.55 Å². The van der Waals surface area contributed by atoms with Crippen molar-refractivity contribution in [2.24, 2.45) is 7.05 Å². The molecule has 0 N–H and O–H groups in total. The van der Waals surface area contributed by atoms with E-state index in [4.69, 9.17) is 0 Å². The lowest BCUT2D eigenvalue weighted by Crippen LogP contribution is -1.94. The maximum Gasteiger partial charge on any atom is 0.112 e. The summed E-state index contributed by atoms with van der Waals surface area (Å²) in [5.74, 6) is 1.94. The maximum atomic E-state index is 4.65. The Hall–Kier alpha value is -0.960. The molecule has 72 valence electrons. The monoisotopic (exact) mass is 204 g/mol. The Labute approximate surface area is 88.4 Å². The van der Waals surface area contributed by atoms with Gasteiger partial charge >= 0.3 is 0 Å². The van der Waals surface area contributed by atoms with E-state index in [1.165, 1.54) is 24.2 Å². The molecule has 1 heterocycles. The summed E-state index contributed by atoms with van der Waals surface area (Å²) >= 11 is 4.32. The molecule has 0 saturated heterocycles. The largest absolute Gasteiger partial charge is 0.331 e. The number of rotatable bonds is 1. The van der Waals surface area contributed by atoms with Crippen LogP contribution < -0.4 is 0 Å². The molecule has 1 aromatic carbocycles. The number of benzene rings is 1. The molecule has 3 heteroatoms. The second-order valence-corrected chi connectivity index (χ2v) is 4.49. The number of nitrogens with zero attached hydrogens (tertiary/aromatic N) is 2. The highest BCUT2D eigenvalue weighted by Crippen LogP contribution is 2.40. The molecule has 1 aromatic heterocycles. The Kier molecular flexibility index (Phi) is 1.65. The Morgan fingerprint density at radius 2 is 2.21 bits per heavy atom. The SMILES string of the molecule is Cn1c(C2CC2)nc2cc(S)ccc21. The van der Waals surface area contributed by atoms with Crippen LogP contribution in [0.4, 0.5) is 0 Å². The lowest BCUT2D eigenvalue weighted by molar-refractivity contribution is 0.820. The van der Waals surface area contributed by atoms with Crippen LogP contribution in [0.1, 0.15) is 24.6 Å². The van der Waals surface area contributed by atoms with E-state index in [0.717, 1.165) is 10.4 Å². The van der Waals surface area contributed by atoms with Gasteiger partial charge in [-0.25, -0.2) is 4.98 Å². The van der Waals surface area contributed by atoms with E-state index in [1.54, 1.807) is 0 Å². The topological polar surface area (TPSA) is 17.8 Å². The van der Waals surface area contributed by atoms with E-state index >= 15 is 0 Å². The van der Waals surface area contributed by atoms with Crippen molar-refractivity contribution in [2.75, 3.05) is 0 Å². The molecule has 1 saturated carbocycles. The van der Waals surface area contributed by atoms with E-state index in [-0.39, 0.29) is 0 Å². The summed E-state index contributed by atoms with van der Waals surface area (Å²) in [4.78, 5) is 5.63. The first kappa shape index (κ1) is 8.36. The summed E-state index contributed by atoms with van der Waals surface area (Å²) in [6, 6.07) is 6.14. The van der Waals surface area contributed by atoms with Crippen molar-refractivity contribution in [1.29, 1.82) is 0 Å². The quantitative estimate of drug-likeness (QED) is 0.707. The van der Waals surface area contributed by atoms with Crippen molar-refractivity contribution in [3.05, 3.63) is 24.0 Å². The number of aromatic nitrogens is 2. The molecular formula is C11H12N2S. The first-order valence-electron chi connectivity index (χ1n) is 4.91. The average molecular weight is 204 g/mol. The van der Waals surface area contributed by atoms with Crippen molar-refractivity contribution < 1.29 is 0 Å². The Bertz CT molecular complexity index is 497. The van der Waals surface area contributed by atoms with Crippen LogP contribution in [0.25, 0.3) is 11.0 Å². The zero-order chi connectivity index (χ0) is 9.71. The molecule has 1 aliphatic rings. The zero-order valence-corrected chi connectivity index (χ0v) is 8.96. The fraction of sp³-hybridized carbons (Fsp3) is 0.364. The predicted octanol–water partition coefficient (Wildman–Crippen LogP) is 2.74. The number of aryl methyl sites for hydroxylation is 1. The number of fused-ring (bicyclic) bond motifs is 1. The van der Waals surface area contributed by atoms with E-state index in [9.17, 15) is 0 Å². The van der Waals surface area contributed by atoms with E-state index in [1.807, 2.05) is 12.1 Å². The van der Waals surface area contributed by atoms with Crippen LogP contribution in [0.5, 0.6) is 0 Å². The minimum absolute atomic E-state index is 0.704. The van der Waals surface area contributed by atoms with Gasteiger partial charge in [0.2, 0.25) is 0 Å². The summed E-state index contributed by atoms with van der Waals surface area (Å²) in [7, 11) is 2.10. The molecule has 0 spiro atoms. The highest BCUT2D eigenvalue weighted by Gasteiger charge is 2.28. The Morgan fingerprint density at radius 1 is 1.43 bits per heavy atom. The van der Waals surface area contributed by atoms with E-state index in [2.05, 4.69) is 35.3 Å². The maximum absolute atomic E-state index is 4.65. The van der Waals surface area contributed by atoms with Gasteiger partial charge in [0.1, 0.15) is 5.82 Å². The normalized spacial score (nSPS) is 16.4. The van der Waals surface area contributed by atoms with Crippen LogP contribution in [0, 0.1) is 0 Å². The molecule has 0 aliphatic heterocycles. The molecule has 0 atom stereocenters. The molecule has 0 radical (unpaired) electrons. The summed E-state index contributed by atoms with van der Waals surface area (Å²) in [6.07, 6.45) is 2.59. The van der Waals surface area contributed by atoms with Gasteiger partial charge < -0.3 is 4.57 Å². The van der Waals surface area contributed by atoms with Crippen molar-refractivity contribution in [1.82, 2.24) is 9.55 Å². The van der Waals surface area contributed by atoms with Gasteiger partial charge in [0, 0.05) is 17.9 Å². The predicted molar refractivity (Wildman–Crippen MR) is 59.9 cm³/mol. The van der Waals surface area contributed by atoms with Gasteiger partial charge in [0.25, 0.3) is 0 Å². The van der Waals surface area contributed by atoms with Gasteiger partial charge in [0.05, 0.1) is 11.0 Å². The fourth-order valence-corrected chi connectivity index (χ4v) is 2.11. The number of imidazole rings is 1. The number of thiol groups is 1. The second kappa shape index (κ2) is 2.76. The highest BCUT2D eigenvalue weighted by atomic mass is 32.1. The molecule has 14 heavy (non-hydrogen) atoms. The van der Waals surface area contributed by atoms with Gasteiger partial charge in [-0.1, -0.05) is 0 Å². The summed E-state index contributed by atoms with van der Waals surface area (Å²) < 4.78 is 2.21. The Balaban J connectivity index is 2.28. The number of hydrogen-bond acceptors (Lipinski definition) is 2. The molecule has 0 bridgehead atoms. The highest BCUT2D eigenvalue weighted by molar-refractivity contribution is 7.80.